The van der Waals surface area contributed by atoms with Crippen LogP contribution in [-0.2, 0) is 16.0 Å². The summed E-state index contributed by atoms with van der Waals surface area (Å²) in [6.45, 7) is 5.34. The topological polar surface area (TPSA) is 80.3 Å². The van der Waals surface area contributed by atoms with Crippen molar-refractivity contribution in [3.63, 3.8) is 0 Å². The van der Waals surface area contributed by atoms with Gasteiger partial charge < -0.3 is 15.4 Å². The Labute approximate surface area is 131 Å². The second-order valence-electron chi connectivity index (χ2n) is 6.07. The third kappa shape index (κ3) is 7.06. The second kappa shape index (κ2) is 8.36. The summed E-state index contributed by atoms with van der Waals surface area (Å²) in [6, 6.07) is 3.27. The van der Waals surface area contributed by atoms with Crippen molar-refractivity contribution in [1.82, 2.24) is 15.6 Å². The van der Waals surface area contributed by atoms with Gasteiger partial charge in [-0.25, -0.2) is 4.79 Å². The summed E-state index contributed by atoms with van der Waals surface area (Å²) in [5.74, 6) is -0.225. The number of aryl methyl sites for hydroxylation is 1. The third-order valence-electron chi connectivity index (χ3n) is 2.93. The first-order valence-corrected chi connectivity index (χ1v) is 7.42. The van der Waals surface area contributed by atoms with Crippen molar-refractivity contribution in [2.45, 2.75) is 51.7 Å². The van der Waals surface area contributed by atoms with Gasteiger partial charge in [-0.2, -0.15) is 0 Å². The Morgan fingerprint density at radius 1 is 1.36 bits per heavy atom. The van der Waals surface area contributed by atoms with Crippen LogP contribution in [0.2, 0.25) is 0 Å². The van der Waals surface area contributed by atoms with Crippen molar-refractivity contribution >= 4 is 12.0 Å². The summed E-state index contributed by atoms with van der Waals surface area (Å²) >= 11 is 0. The Morgan fingerprint density at radius 2 is 2.09 bits per heavy atom. The maximum atomic E-state index is 11.9. The monoisotopic (exact) mass is 307 g/mol. The number of alkyl carbamates (subject to hydrolysis) is 1. The summed E-state index contributed by atoms with van der Waals surface area (Å²) < 4.78 is 5.19. The lowest BCUT2D eigenvalue weighted by atomic mass is 10.1. The lowest BCUT2D eigenvalue weighted by Crippen LogP contribution is -2.47. The highest BCUT2D eigenvalue weighted by molar-refractivity contribution is 5.85. The number of nitrogens with zero attached hydrogens (tertiary/aromatic N) is 1. The molecule has 0 fully saturated rings. The number of likely N-dealkylation sites (N-methyl/N-ethyl adjacent to an activating group) is 1. The number of carbonyl (C=O) groups is 2. The molecule has 122 valence electrons. The molecule has 0 radical (unpaired) electrons. The fourth-order valence-corrected chi connectivity index (χ4v) is 1.95. The zero-order valence-corrected chi connectivity index (χ0v) is 13.7. The van der Waals surface area contributed by atoms with E-state index >= 15 is 0 Å². The molecule has 1 atom stereocenters. The van der Waals surface area contributed by atoms with Crippen LogP contribution in [0.15, 0.2) is 24.5 Å². The van der Waals surface area contributed by atoms with E-state index in [0.717, 1.165) is 18.4 Å². The molecule has 0 aliphatic rings. The predicted octanol–water partition coefficient (Wildman–Crippen LogP) is 2.04. The maximum absolute atomic E-state index is 11.9. The van der Waals surface area contributed by atoms with E-state index in [1.54, 1.807) is 40.2 Å². The van der Waals surface area contributed by atoms with Crippen LogP contribution in [0.5, 0.6) is 0 Å². The molecular formula is C16H25N3O3. The van der Waals surface area contributed by atoms with E-state index in [2.05, 4.69) is 15.6 Å². The van der Waals surface area contributed by atoms with Gasteiger partial charge in [-0.3, -0.25) is 9.78 Å². The number of rotatable bonds is 6. The van der Waals surface area contributed by atoms with Crippen molar-refractivity contribution in [3.05, 3.63) is 30.1 Å². The van der Waals surface area contributed by atoms with Gasteiger partial charge in [0, 0.05) is 19.4 Å². The minimum atomic E-state index is -0.600. The highest BCUT2D eigenvalue weighted by Gasteiger charge is 2.23. The number of hydrogen-bond donors (Lipinski definition) is 2. The van der Waals surface area contributed by atoms with Crippen LogP contribution in [-0.4, -0.2) is 35.7 Å². The summed E-state index contributed by atoms with van der Waals surface area (Å²) in [4.78, 5) is 27.7. The van der Waals surface area contributed by atoms with Crippen LogP contribution in [0.25, 0.3) is 0 Å². The summed E-state index contributed by atoms with van der Waals surface area (Å²) in [7, 11) is 1.55. The van der Waals surface area contributed by atoms with Gasteiger partial charge in [0.1, 0.15) is 11.6 Å². The Bertz CT molecular complexity index is 483. The van der Waals surface area contributed by atoms with Gasteiger partial charge in [-0.1, -0.05) is 6.07 Å². The van der Waals surface area contributed by atoms with Gasteiger partial charge in [-0.15, -0.1) is 0 Å². The SMILES string of the molecule is CNC(=O)[C@H](CCCc1cccnc1)NC(=O)OC(C)(C)C. The van der Waals surface area contributed by atoms with Crippen LogP contribution in [0.3, 0.4) is 0 Å². The molecule has 0 saturated carbocycles. The number of ether oxygens (including phenoxy) is 1. The lowest BCUT2D eigenvalue weighted by molar-refractivity contribution is -0.122. The fourth-order valence-electron chi connectivity index (χ4n) is 1.95. The smallest absolute Gasteiger partial charge is 0.408 e. The first kappa shape index (κ1) is 17.9. The fraction of sp³-hybridized carbons (Fsp3) is 0.562. The molecule has 6 heteroatoms. The van der Waals surface area contributed by atoms with E-state index < -0.39 is 17.7 Å². The average molecular weight is 307 g/mol. The molecule has 22 heavy (non-hydrogen) atoms. The number of nitrogens with one attached hydrogen (secondary N) is 2. The molecule has 0 bridgehead atoms. The standard InChI is InChI=1S/C16H25N3O3/c1-16(2,3)22-15(21)19-13(14(20)17-4)9-5-7-12-8-6-10-18-11-12/h6,8,10-11,13H,5,7,9H2,1-4H3,(H,17,20)(H,19,21)/t13-/m0/s1. The second-order valence-corrected chi connectivity index (χ2v) is 6.07. The Balaban J connectivity index is 2.50. The molecule has 0 aliphatic carbocycles. The summed E-state index contributed by atoms with van der Waals surface area (Å²) in [5, 5.41) is 5.18. The largest absolute Gasteiger partial charge is 0.444 e. The number of amides is 2. The van der Waals surface area contributed by atoms with Crippen LogP contribution < -0.4 is 10.6 Å². The molecule has 0 aromatic carbocycles. The molecule has 1 aromatic heterocycles. The van der Waals surface area contributed by atoms with Gasteiger partial charge in [0.2, 0.25) is 5.91 Å². The lowest BCUT2D eigenvalue weighted by Gasteiger charge is -2.23. The average Bonchev–Trinajstić information content (AvgIpc) is 2.44. The first-order valence-electron chi connectivity index (χ1n) is 7.42. The van der Waals surface area contributed by atoms with Crippen LogP contribution >= 0.6 is 0 Å². The number of hydrogen-bond acceptors (Lipinski definition) is 4. The van der Waals surface area contributed by atoms with Crippen molar-refractivity contribution in [1.29, 1.82) is 0 Å². The molecule has 1 rings (SSSR count). The minimum absolute atomic E-state index is 0.225. The molecule has 2 amide bonds. The van der Waals surface area contributed by atoms with E-state index in [1.807, 2.05) is 12.1 Å². The molecule has 2 N–H and O–H groups in total. The normalized spacial score (nSPS) is 12.4. The molecule has 0 unspecified atom stereocenters. The quantitative estimate of drug-likeness (QED) is 0.843. The van der Waals surface area contributed by atoms with Crippen molar-refractivity contribution in [3.8, 4) is 0 Å². The van der Waals surface area contributed by atoms with Crippen molar-refractivity contribution in [2.75, 3.05) is 7.05 Å². The molecule has 6 nitrogen and oxygen atoms in total. The van der Waals surface area contributed by atoms with Gasteiger partial charge in [0.05, 0.1) is 0 Å². The molecule has 1 aromatic rings. The minimum Gasteiger partial charge on any atom is -0.444 e. The van der Waals surface area contributed by atoms with Gasteiger partial charge >= 0.3 is 6.09 Å². The van der Waals surface area contributed by atoms with E-state index in [0.29, 0.717) is 6.42 Å². The van der Waals surface area contributed by atoms with E-state index in [-0.39, 0.29) is 5.91 Å². The molecule has 0 aliphatic heterocycles. The Hall–Kier alpha value is -2.11. The highest BCUT2D eigenvalue weighted by Crippen LogP contribution is 2.09. The van der Waals surface area contributed by atoms with Gasteiger partial charge in [0.15, 0.2) is 0 Å². The Kier molecular flexibility index (Phi) is 6.82. The zero-order valence-electron chi connectivity index (χ0n) is 13.7. The maximum Gasteiger partial charge on any atom is 0.408 e. The van der Waals surface area contributed by atoms with Crippen molar-refractivity contribution < 1.29 is 14.3 Å². The summed E-state index contributed by atoms with van der Waals surface area (Å²) in [5.41, 5.74) is 0.517. The number of aromatic nitrogens is 1. The highest BCUT2D eigenvalue weighted by atomic mass is 16.6. The van der Waals surface area contributed by atoms with Crippen LogP contribution in [0, 0.1) is 0 Å². The third-order valence-corrected chi connectivity index (χ3v) is 2.93. The molecule has 0 spiro atoms. The number of pyridine rings is 1. The van der Waals surface area contributed by atoms with Crippen molar-refractivity contribution in [2.24, 2.45) is 0 Å². The van der Waals surface area contributed by atoms with Gasteiger partial charge in [-0.05, 0) is 51.7 Å². The zero-order chi connectivity index (χ0) is 16.6. The predicted molar refractivity (Wildman–Crippen MR) is 84.4 cm³/mol. The van der Waals surface area contributed by atoms with Crippen LogP contribution in [0.1, 0.15) is 39.2 Å². The van der Waals surface area contributed by atoms with Crippen LogP contribution in [0.4, 0.5) is 4.79 Å². The van der Waals surface area contributed by atoms with E-state index in [1.165, 1.54) is 0 Å². The van der Waals surface area contributed by atoms with E-state index in [9.17, 15) is 9.59 Å². The molecule has 1 heterocycles. The summed E-state index contributed by atoms with van der Waals surface area (Å²) in [6.07, 6.45) is 5.05. The molecular weight excluding hydrogens is 282 g/mol. The first-order chi connectivity index (χ1) is 10.3. The number of carbonyl (C=O) groups excluding carboxylic acids is 2. The van der Waals surface area contributed by atoms with E-state index in [4.69, 9.17) is 4.74 Å². The van der Waals surface area contributed by atoms with Gasteiger partial charge in [0.25, 0.3) is 0 Å². The molecule has 0 saturated heterocycles. The Morgan fingerprint density at radius 3 is 2.64 bits per heavy atom.